The minimum atomic E-state index is -1.15. The summed E-state index contributed by atoms with van der Waals surface area (Å²) in [4.78, 5) is 34.3. The molecule has 0 rings (SSSR count). The Morgan fingerprint density at radius 1 is 0.833 bits per heavy atom. The average Bonchev–Trinajstić information content (AvgIpc) is 2.23. The normalized spacial score (nSPS) is 15.1. The number of hydrogen-bond donors (Lipinski definition) is 1. The number of rotatable bonds is 7. The van der Waals surface area contributed by atoms with E-state index in [4.69, 9.17) is 5.11 Å². The van der Waals surface area contributed by atoms with Crippen LogP contribution in [0.4, 0.5) is 0 Å². The molecule has 0 saturated heterocycles. The Morgan fingerprint density at radius 3 is 1.61 bits per heavy atom. The Bertz CT molecular complexity index is 353. The van der Waals surface area contributed by atoms with Gasteiger partial charge in [0, 0.05) is 5.92 Å². The molecular weight excluding hydrogens is 232 g/mol. The van der Waals surface area contributed by atoms with Crippen LogP contribution >= 0.6 is 0 Å². The molecule has 0 radical (unpaired) electrons. The van der Waals surface area contributed by atoms with E-state index in [2.05, 4.69) is 0 Å². The van der Waals surface area contributed by atoms with Crippen molar-refractivity contribution in [3.63, 3.8) is 0 Å². The Kier molecular flexibility index (Phi) is 6.52. The van der Waals surface area contributed by atoms with Gasteiger partial charge in [-0.2, -0.15) is 0 Å². The van der Waals surface area contributed by atoms with Gasteiger partial charge in [-0.05, 0) is 24.0 Å². The number of ketones is 2. The number of allylic oxidation sites excluding steroid dienone is 2. The van der Waals surface area contributed by atoms with Crippen LogP contribution in [0.5, 0.6) is 0 Å². The van der Waals surface area contributed by atoms with Crippen LogP contribution in [0.15, 0.2) is 12.2 Å². The molecule has 0 saturated carbocycles. The van der Waals surface area contributed by atoms with Crippen LogP contribution in [-0.2, 0) is 14.4 Å². The van der Waals surface area contributed by atoms with E-state index >= 15 is 0 Å². The number of carbonyl (C=O) groups excluding carboxylic acids is 2. The van der Waals surface area contributed by atoms with Crippen LogP contribution in [0.2, 0.25) is 0 Å². The van der Waals surface area contributed by atoms with Crippen molar-refractivity contribution in [2.75, 3.05) is 0 Å². The molecule has 0 bridgehead atoms. The lowest BCUT2D eigenvalue weighted by molar-refractivity contribution is -0.146. The summed E-state index contributed by atoms with van der Waals surface area (Å²) >= 11 is 0. The first-order valence-corrected chi connectivity index (χ1v) is 6.17. The van der Waals surface area contributed by atoms with Crippen LogP contribution in [0.25, 0.3) is 0 Å². The van der Waals surface area contributed by atoms with Crippen molar-refractivity contribution in [1.82, 2.24) is 0 Å². The van der Waals surface area contributed by atoms with Gasteiger partial charge in [-0.1, -0.05) is 34.6 Å². The van der Waals surface area contributed by atoms with E-state index in [1.165, 1.54) is 6.08 Å². The molecule has 0 heterocycles. The summed E-state index contributed by atoms with van der Waals surface area (Å²) in [5.41, 5.74) is 0. The second kappa shape index (κ2) is 7.09. The quantitative estimate of drug-likeness (QED) is 0.559. The maximum atomic E-state index is 11.7. The number of carbonyl (C=O) groups is 3. The zero-order valence-electron chi connectivity index (χ0n) is 11.6. The van der Waals surface area contributed by atoms with Crippen LogP contribution < -0.4 is 0 Å². The fourth-order valence-corrected chi connectivity index (χ4v) is 1.48. The van der Waals surface area contributed by atoms with E-state index in [1.807, 2.05) is 13.8 Å². The molecule has 4 heteroatoms. The molecule has 0 aromatic heterocycles. The van der Waals surface area contributed by atoms with Gasteiger partial charge in [0.15, 0.2) is 11.6 Å². The molecule has 1 N–H and O–H groups in total. The maximum absolute atomic E-state index is 11.7. The van der Waals surface area contributed by atoms with E-state index in [1.54, 1.807) is 20.8 Å². The lowest BCUT2D eigenvalue weighted by atomic mass is 9.90. The Morgan fingerprint density at radius 2 is 1.28 bits per heavy atom. The van der Waals surface area contributed by atoms with Gasteiger partial charge in [0.05, 0.1) is 0 Å². The van der Waals surface area contributed by atoms with Gasteiger partial charge in [0.1, 0.15) is 5.92 Å². The van der Waals surface area contributed by atoms with Gasteiger partial charge >= 0.3 is 5.97 Å². The molecule has 0 spiro atoms. The first kappa shape index (κ1) is 16.6. The van der Waals surface area contributed by atoms with Crippen LogP contribution in [0.3, 0.4) is 0 Å². The largest absolute Gasteiger partial charge is 0.481 e. The van der Waals surface area contributed by atoms with E-state index in [0.717, 1.165) is 6.08 Å². The fraction of sp³-hybridized carbons (Fsp3) is 0.643. The summed E-state index contributed by atoms with van der Waals surface area (Å²) in [6, 6.07) is 0. The van der Waals surface area contributed by atoms with Crippen molar-refractivity contribution in [2.45, 2.75) is 34.6 Å². The summed E-state index contributed by atoms with van der Waals surface area (Å²) in [5.74, 6) is -3.17. The van der Waals surface area contributed by atoms with E-state index in [-0.39, 0.29) is 23.5 Å². The van der Waals surface area contributed by atoms with Crippen LogP contribution in [0.1, 0.15) is 34.6 Å². The van der Waals surface area contributed by atoms with Crippen molar-refractivity contribution < 1.29 is 19.5 Å². The second-order valence-corrected chi connectivity index (χ2v) is 5.23. The van der Waals surface area contributed by atoms with E-state index in [0.29, 0.717) is 0 Å². The molecule has 0 fully saturated rings. The molecule has 0 aliphatic rings. The summed E-state index contributed by atoms with van der Waals surface area (Å²) in [6.07, 6.45) is 2.30. The summed E-state index contributed by atoms with van der Waals surface area (Å²) in [7, 11) is 0. The number of carboxylic acid groups (broad SMARTS) is 1. The molecule has 1 unspecified atom stereocenters. The minimum Gasteiger partial charge on any atom is -0.481 e. The van der Waals surface area contributed by atoms with Crippen LogP contribution in [0, 0.1) is 23.7 Å². The second-order valence-electron chi connectivity index (χ2n) is 5.23. The Labute approximate surface area is 108 Å². The van der Waals surface area contributed by atoms with E-state index in [9.17, 15) is 14.4 Å². The molecule has 0 amide bonds. The van der Waals surface area contributed by atoms with Gasteiger partial charge in [-0.15, -0.1) is 0 Å². The number of carboxylic acids is 1. The number of aliphatic carboxylic acids is 1. The zero-order valence-corrected chi connectivity index (χ0v) is 11.6. The fourth-order valence-electron chi connectivity index (χ4n) is 1.48. The van der Waals surface area contributed by atoms with Crippen molar-refractivity contribution in [3.05, 3.63) is 12.2 Å². The van der Waals surface area contributed by atoms with E-state index < -0.39 is 17.7 Å². The molecule has 102 valence electrons. The highest BCUT2D eigenvalue weighted by atomic mass is 16.4. The summed E-state index contributed by atoms with van der Waals surface area (Å²) in [6.45, 7) is 8.98. The summed E-state index contributed by atoms with van der Waals surface area (Å²) in [5, 5.41) is 8.94. The van der Waals surface area contributed by atoms with Crippen molar-refractivity contribution in [3.8, 4) is 0 Å². The highest BCUT2D eigenvalue weighted by Crippen LogP contribution is 2.15. The molecule has 0 aromatic carbocycles. The molecular formula is C14H22O4. The predicted octanol–water partition coefficient (Wildman–Crippen LogP) is 2.33. The van der Waals surface area contributed by atoms with Crippen molar-refractivity contribution >= 4 is 17.5 Å². The molecule has 2 atom stereocenters. The van der Waals surface area contributed by atoms with Gasteiger partial charge in [-0.25, -0.2) is 0 Å². The third-order valence-corrected chi connectivity index (χ3v) is 3.10. The first-order valence-electron chi connectivity index (χ1n) is 6.17. The monoisotopic (exact) mass is 254 g/mol. The predicted molar refractivity (Wildman–Crippen MR) is 69.1 cm³/mol. The van der Waals surface area contributed by atoms with Gasteiger partial charge in [-0.3, -0.25) is 14.4 Å². The van der Waals surface area contributed by atoms with Gasteiger partial charge in [0.25, 0.3) is 0 Å². The average molecular weight is 254 g/mol. The van der Waals surface area contributed by atoms with Crippen molar-refractivity contribution in [1.29, 1.82) is 0 Å². The SMILES string of the molecule is CC(C)C(C)C(=O)C=CC(=O)[C@@H](C(=O)O)C(C)C. The summed E-state index contributed by atoms with van der Waals surface area (Å²) < 4.78 is 0. The Balaban J connectivity index is 4.74. The molecule has 0 aliphatic carbocycles. The first-order chi connectivity index (χ1) is 8.18. The topological polar surface area (TPSA) is 71.4 Å². The van der Waals surface area contributed by atoms with Gasteiger partial charge in [0.2, 0.25) is 0 Å². The molecule has 4 nitrogen and oxygen atoms in total. The minimum absolute atomic E-state index is 0.147. The third kappa shape index (κ3) is 4.82. The number of hydrogen-bond acceptors (Lipinski definition) is 3. The molecule has 0 aliphatic heterocycles. The smallest absolute Gasteiger partial charge is 0.314 e. The zero-order chi connectivity index (χ0) is 14.5. The lowest BCUT2D eigenvalue weighted by Crippen LogP contribution is -2.27. The van der Waals surface area contributed by atoms with Crippen molar-refractivity contribution in [2.24, 2.45) is 23.7 Å². The third-order valence-electron chi connectivity index (χ3n) is 3.10. The van der Waals surface area contributed by atoms with Gasteiger partial charge < -0.3 is 5.11 Å². The Hall–Kier alpha value is -1.45. The molecule has 18 heavy (non-hydrogen) atoms. The maximum Gasteiger partial charge on any atom is 0.314 e. The highest BCUT2D eigenvalue weighted by Gasteiger charge is 2.27. The van der Waals surface area contributed by atoms with Crippen LogP contribution in [-0.4, -0.2) is 22.6 Å². The standard InChI is InChI=1S/C14H22O4/c1-8(2)10(5)11(15)6-7-12(16)13(9(3)4)14(17)18/h6-10,13H,1-5H3,(H,17,18)/t10?,13-/m0/s1. The molecule has 0 aromatic rings. The lowest BCUT2D eigenvalue weighted by Gasteiger charge is -2.13. The highest BCUT2D eigenvalue weighted by molar-refractivity contribution is 6.07.